The highest BCUT2D eigenvalue weighted by molar-refractivity contribution is 7.09. The second-order valence-corrected chi connectivity index (χ2v) is 4.93. The van der Waals surface area contributed by atoms with E-state index in [1.807, 2.05) is 43.5 Å². The van der Waals surface area contributed by atoms with Gasteiger partial charge in [0.2, 0.25) is 0 Å². The maximum atomic E-state index is 9.16. The first-order chi connectivity index (χ1) is 8.19. The summed E-state index contributed by atoms with van der Waals surface area (Å²) in [5.41, 5.74) is 2.93. The number of nitrogens with one attached hydrogen (secondary N) is 1. The zero-order valence-electron chi connectivity index (χ0n) is 9.77. The summed E-state index contributed by atoms with van der Waals surface area (Å²) in [6, 6.07) is 9.82. The van der Waals surface area contributed by atoms with E-state index in [1.54, 1.807) is 11.3 Å². The molecule has 1 aromatic heterocycles. The van der Waals surface area contributed by atoms with E-state index in [-0.39, 0.29) is 6.04 Å². The van der Waals surface area contributed by atoms with Gasteiger partial charge in [0.1, 0.15) is 0 Å². The molecule has 2 aromatic rings. The monoisotopic (exact) mass is 243 g/mol. The van der Waals surface area contributed by atoms with E-state index in [4.69, 9.17) is 5.26 Å². The molecule has 0 spiro atoms. The number of thiazole rings is 1. The van der Waals surface area contributed by atoms with E-state index >= 15 is 0 Å². The van der Waals surface area contributed by atoms with Crippen LogP contribution in [0.4, 0.5) is 5.69 Å². The molecule has 0 aliphatic heterocycles. The highest BCUT2D eigenvalue weighted by Crippen LogP contribution is 2.20. The highest BCUT2D eigenvalue weighted by atomic mass is 32.1. The fourth-order valence-electron chi connectivity index (χ4n) is 1.50. The standard InChI is InChI=1S/C13H13N3S/c1-9-3-5-11(6-4-9)16-12(7-14)13-8-17-10(2)15-13/h3-6,8,12,16H,1-2H3. The van der Waals surface area contributed by atoms with Crippen molar-refractivity contribution >= 4 is 17.0 Å². The van der Waals surface area contributed by atoms with E-state index < -0.39 is 0 Å². The Balaban J connectivity index is 2.16. The SMILES string of the molecule is Cc1ccc(NC(C#N)c2csc(C)n2)cc1. The molecule has 0 saturated heterocycles. The molecule has 1 N–H and O–H groups in total. The molecule has 1 unspecified atom stereocenters. The van der Waals surface area contributed by atoms with Crippen molar-refractivity contribution in [3.05, 3.63) is 45.9 Å². The van der Waals surface area contributed by atoms with Gasteiger partial charge in [-0.2, -0.15) is 5.26 Å². The van der Waals surface area contributed by atoms with Crippen molar-refractivity contribution in [2.75, 3.05) is 5.32 Å². The molecule has 4 heteroatoms. The Labute approximate surface area is 105 Å². The van der Waals surface area contributed by atoms with Crippen molar-refractivity contribution in [1.82, 2.24) is 4.98 Å². The summed E-state index contributed by atoms with van der Waals surface area (Å²) in [6.07, 6.45) is 0. The van der Waals surface area contributed by atoms with Crippen LogP contribution in [0.5, 0.6) is 0 Å². The van der Waals surface area contributed by atoms with Crippen LogP contribution in [0.2, 0.25) is 0 Å². The third kappa shape index (κ3) is 2.83. The van der Waals surface area contributed by atoms with Crippen molar-refractivity contribution in [2.24, 2.45) is 0 Å². The smallest absolute Gasteiger partial charge is 0.158 e. The fourth-order valence-corrected chi connectivity index (χ4v) is 2.14. The molecule has 2 rings (SSSR count). The summed E-state index contributed by atoms with van der Waals surface area (Å²) in [6.45, 7) is 3.98. The van der Waals surface area contributed by atoms with Gasteiger partial charge in [-0.25, -0.2) is 4.98 Å². The predicted octanol–water partition coefficient (Wildman–Crippen LogP) is 3.44. The lowest BCUT2D eigenvalue weighted by Gasteiger charge is -2.10. The quantitative estimate of drug-likeness (QED) is 0.898. The highest BCUT2D eigenvalue weighted by Gasteiger charge is 2.13. The van der Waals surface area contributed by atoms with Crippen LogP contribution in [0.15, 0.2) is 29.6 Å². The molecule has 0 aliphatic carbocycles. The third-order valence-electron chi connectivity index (χ3n) is 2.42. The molecule has 1 aromatic carbocycles. The van der Waals surface area contributed by atoms with Crippen LogP contribution in [0.3, 0.4) is 0 Å². The zero-order chi connectivity index (χ0) is 12.3. The number of hydrogen-bond donors (Lipinski definition) is 1. The van der Waals surface area contributed by atoms with Gasteiger partial charge >= 0.3 is 0 Å². The van der Waals surface area contributed by atoms with Gasteiger partial charge in [-0.05, 0) is 26.0 Å². The lowest BCUT2D eigenvalue weighted by molar-refractivity contribution is 0.942. The Hall–Kier alpha value is -1.86. The summed E-state index contributed by atoms with van der Waals surface area (Å²) in [5.74, 6) is 0. The average molecular weight is 243 g/mol. The third-order valence-corrected chi connectivity index (χ3v) is 3.22. The Bertz CT molecular complexity index is 537. The summed E-state index contributed by atoms with van der Waals surface area (Å²) in [5, 5.41) is 15.2. The number of aryl methyl sites for hydroxylation is 2. The molecule has 3 nitrogen and oxygen atoms in total. The van der Waals surface area contributed by atoms with Crippen molar-refractivity contribution in [2.45, 2.75) is 19.9 Å². The van der Waals surface area contributed by atoms with Crippen LogP contribution >= 0.6 is 11.3 Å². The van der Waals surface area contributed by atoms with E-state index in [0.717, 1.165) is 16.4 Å². The molecule has 86 valence electrons. The molecule has 1 heterocycles. The fraction of sp³-hybridized carbons (Fsp3) is 0.231. The lowest BCUT2D eigenvalue weighted by Crippen LogP contribution is -2.08. The molecule has 0 aliphatic rings. The zero-order valence-corrected chi connectivity index (χ0v) is 10.6. The first-order valence-electron chi connectivity index (χ1n) is 5.34. The van der Waals surface area contributed by atoms with Crippen LogP contribution in [0.25, 0.3) is 0 Å². The van der Waals surface area contributed by atoms with Crippen LogP contribution < -0.4 is 5.32 Å². The van der Waals surface area contributed by atoms with E-state index in [1.165, 1.54) is 5.56 Å². The number of rotatable bonds is 3. The largest absolute Gasteiger partial charge is 0.365 e. The summed E-state index contributed by atoms with van der Waals surface area (Å²) < 4.78 is 0. The molecular weight excluding hydrogens is 230 g/mol. The minimum atomic E-state index is -0.386. The summed E-state index contributed by atoms with van der Waals surface area (Å²) in [7, 11) is 0. The van der Waals surface area contributed by atoms with Gasteiger partial charge in [-0.15, -0.1) is 11.3 Å². The number of benzene rings is 1. The van der Waals surface area contributed by atoms with Crippen LogP contribution in [0.1, 0.15) is 22.3 Å². The van der Waals surface area contributed by atoms with Crippen LogP contribution in [-0.4, -0.2) is 4.98 Å². The first kappa shape index (κ1) is 11.6. The maximum Gasteiger partial charge on any atom is 0.158 e. The van der Waals surface area contributed by atoms with E-state index in [2.05, 4.69) is 16.4 Å². The second kappa shape index (κ2) is 4.98. The van der Waals surface area contributed by atoms with Crippen LogP contribution in [-0.2, 0) is 0 Å². The lowest BCUT2D eigenvalue weighted by atomic mass is 10.2. The maximum absolute atomic E-state index is 9.16. The summed E-state index contributed by atoms with van der Waals surface area (Å²) >= 11 is 1.56. The Morgan fingerprint density at radius 3 is 2.53 bits per heavy atom. The molecule has 0 radical (unpaired) electrons. The Morgan fingerprint density at radius 1 is 1.29 bits per heavy atom. The molecule has 1 atom stereocenters. The van der Waals surface area contributed by atoms with Gasteiger partial charge in [-0.3, -0.25) is 0 Å². The molecule has 0 fully saturated rings. The first-order valence-corrected chi connectivity index (χ1v) is 6.22. The molecular formula is C13H13N3S. The van der Waals surface area contributed by atoms with Gasteiger partial charge in [0.05, 0.1) is 16.8 Å². The molecule has 17 heavy (non-hydrogen) atoms. The Morgan fingerprint density at radius 2 is 2.00 bits per heavy atom. The van der Waals surface area contributed by atoms with Crippen molar-refractivity contribution < 1.29 is 0 Å². The molecule has 0 amide bonds. The number of nitrogens with zero attached hydrogens (tertiary/aromatic N) is 2. The molecule has 0 bridgehead atoms. The van der Waals surface area contributed by atoms with Gasteiger partial charge in [-0.1, -0.05) is 17.7 Å². The van der Waals surface area contributed by atoms with Crippen molar-refractivity contribution in [3.8, 4) is 6.07 Å². The van der Waals surface area contributed by atoms with Gasteiger partial charge in [0, 0.05) is 11.1 Å². The number of nitriles is 1. The Kier molecular flexibility index (Phi) is 3.40. The van der Waals surface area contributed by atoms with Crippen molar-refractivity contribution in [3.63, 3.8) is 0 Å². The van der Waals surface area contributed by atoms with Crippen molar-refractivity contribution in [1.29, 1.82) is 5.26 Å². The predicted molar refractivity (Wildman–Crippen MR) is 70.0 cm³/mol. The van der Waals surface area contributed by atoms with Crippen LogP contribution in [0, 0.1) is 25.2 Å². The van der Waals surface area contributed by atoms with Gasteiger partial charge in [0.25, 0.3) is 0 Å². The van der Waals surface area contributed by atoms with E-state index in [0.29, 0.717) is 0 Å². The number of anilines is 1. The van der Waals surface area contributed by atoms with Gasteiger partial charge < -0.3 is 5.32 Å². The minimum absolute atomic E-state index is 0.386. The molecule has 0 saturated carbocycles. The minimum Gasteiger partial charge on any atom is -0.365 e. The summed E-state index contributed by atoms with van der Waals surface area (Å²) in [4.78, 5) is 4.33. The topological polar surface area (TPSA) is 48.7 Å². The van der Waals surface area contributed by atoms with Gasteiger partial charge in [0.15, 0.2) is 6.04 Å². The van der Waals surface area contributed by atoms with E-state index in [9.17, 15) is 0 Å². The normalized spacial score (nSPS) is 11.8. The number of hydrogen-bond acceptors (Lipinski definition) is 4. The number of aromatic nitrogens is 1. The second-order valence-electron chi connectivity index (χ2n) is 3.86. The average Bonchev–Trinajstić information content (AvgIpc) is 2.75.